The summed E-state index contributed by atoms with van der Waals surface area (Å²) >= 11 is 0. The van der Waals surface area contributed by atoms with Crippen LogP contribution in [0.2, 0.25) is 0 Å². The molecule has 136 valence electrons. The molecule has 25 heavy (non-hydrogen) atoms. The Morgan fingerprint density at radius 2 is 1.96 bits per heavy atom. The van der Waals surface area contributed by atoms with Crippen LogP contribution in [0.1, 0.15) is 38.7 Å². The third kappa shape index (κ3) is 3.71. The molecular weight excluding hydrogens is 314 g/mol. The van der Waals surface area contributed by atoms with Crippen LogP contribution in [0.3, 0.4) is 0 Å². The normalized spacial score (nSPS) is 26.5. The second kappa shape index (κ2) is 7.56. The van der Waals surface area contributed by atoms with Gasteiger partial charge in [-0.2, -0.15) is 0 Å². The number of hydrogen-bond donors (Lipinski definition) is 1. The SMILES string of the molecule is CCCc1ccc(N2CC(C(=O)N3CC(CN)CC3C)CC2=O)cc1. The summed E-state index contributed by atoms with van der Waals surface area (Å²) in [5.41, 5.74) is 7.94. The Hall–Kier alpha value is -1.88. The average Bonchev–Trinajstić information content (AvgIpc) is 3.18. The number of carbonyl (C=O) groups excluding carboxylic acids is 2. The van der Waals surface area contributed by atoms with Crippen LogP contribution in [0.4, 0.5) is 5.69 Å². The molecule has 0 saturated carbocycles. The van der Waals surface area contributed by atoms with Crippen molar-refractivity contribution in [2.24, 2.45) is 17.6 Å². The zero-order chi connectivity index (χ0) is 18.0. The third-order valence-corrected chi connectivity index (χ3v) is 5.54. The molecule has 0 aliphatic carbocycles. The van der Waals surface area contributed by atoms with Crippen LogP contribution >= 0.6 is 0 Å². The van der Waals surface area contributed by atoms with Crippen molar-refractivity contribution in [3.05, 3.63) is 29.8 Å². The molecule has 1 aromatic carbocycles. The lowest BCUT2D eigenvalue weighted by Gasteiger charge is -2.25. The van der Waals surface area contributed by atoms with Gasteiger partial charge in [0.25, 0.3) is 0 Å². The Labute approximate surface area is 150 Å². The van der Waals surface area contributed by atoms with Crippen LogP contribution in [-0.4, -0.2) is 42.4 Å². The highest BCUT2D eigenvalue weighted by molar-refractivity contribution is 6.00. The predicted molar refractivity (Wildman–Crippen MR) is 99.2 cm³/mol. The van der Waals surface area contributed by atoms with Gasteiger partial charge in [-0.15, -0.1) is 0 Å². The Morgan fingerprint density at radius 1 is 1.24 bits per heavy atom. The first-order valence-electron chi connectivity index (χ1n) is 9.43. The van der Waals surface area contributed by atoms with Gasteiger partial charge in [0, 0.05) is 31.2 Å². The van der Waals surface area contributed by atoms with E-state index in [-0.39, 0.29) is 23.8 Å². The molecule has 1 aromatic rings. The number of nitrogens with two attached hydrogens (primary N) is 1. The zero-order valence-electron chi connectivity index (χ0n) is 15.3. The van der Waals surface area contributed by atoms with Gasteiger partial charge < -0.3 is 15.5 Å². The van der Waals surface area contributed by atoms with Gasteiger partial charge in [0.1, 0.15) is 0 Å². The highest BCUT2D eigenvalue weighted by atomic mass is 16.2. The number of anilines is 1. The van der Waals surface area contributed by atoms with E-state index in [0.717, 1.165) is 31.5 Å². The molecule has 2 saturated heterocycles. The van der Waals surface area contributed by atoms with E-state index in [1.807, 2.05) is 17.0 Å². The molecule has 0 bridgehead atoms. The Bertz CT molecular complexity index is 628. The van der Waals surface area contributed by atoms with Crippen molar-refractivity contribution in [3.63, 3.8) is 0 Å². The highest BCUT2D eigenvalue weighted by Crippen LogP contribution is 2.30. The largest absolute Gasteiger partial charge is 0.339 e. The third-order valence-electron chi connectivity index (χ3n) is 5.54. The summed E-state index contributed by atoms with van der Waals surface area (Å²) in [6, 6.07) is 8.38. The highest BCUT2D eigenvalue weighted by Gasteiger charge is 2.40. The molecule has 2 aliphatic rings. The average molecular weight is 343 g/mol. The number of aryl methyl sites for hydroxylation is 1. The molecule has 0 aromatic heterocycles. The number of benzene rings is 1. The molecule has 3 rings (SSSR count). The fraction of sp³-hybridized carbons (Fsp3) is 0.600. The van der Waals surface area contributed by atoms with Crippen LogP contribution in [0.5, 0.6) is 0 Å². The quantitative estimate of drug-likeness (QED) is 0.891. The van der Waals surface area contributed by atoms with Gasteiger partial charge in [-0.1, -0.05) is 25.5 Å². The van der Waals surface area contributed by atoms with Crippen molar-refractivity contribution in [2.45, 2.75) is 45.6 Å². The lowest BCUT2D eigenvalue weighted by molar-refractivity contribution is -0.136. The number of carbonyl (C=O) groups is 2. The number of hydrogen-bond acceptors (Lipinski definition) is 3. The summed E-state index contributed by atoms with van der Waals surface area (Å²) in [6.07, 6.45) is 3.43. The summed E-state index contributed by atoms with van der Waals surface area (Å²) in [5, 5.41) is 0. The van der Waals surface area contributed by atoms with Gasteiger partial charge in [0.15, 0.2) is 0 Å². The second-order valence-corrected chi connectivity index (χ2v) is 7.50. The molecule has 2 heterocycles. The fourth-order valence-electron chi connectivity index (χ4n) is 4.11. The topological polar surface area (TPSA) is 66.6 Å². The van der Waals surface area contributed by atoms with E-state index in [4.69, 9.17) is 5.73 Å². The van der Waals surface area contributed by atoms with Crippen LogP contribution in [0, 0.1) is 11.8 Å². The Kier molecular flexibility index (Phi) is 5.42. The lowest BCUT2D eigenvalue weighted by Crippen LogP contribution is -2.39. The summed E-state index contributed by atoms with van der Waals surface area (Å²) in [5.74, 6) is 0.311. The van der Waals surface area contributed by atoms with Crippen LogP contribution < -0.4 is 10.6 Å². The summed E-state index contributed by atoms with van der Waals surface area (Å²) < 4.78 is 0. The van der Waals surface area contributed by atoms with Gasteiger partial charge in [-0.05, 0) is 49.9 Å². The zero-order valence-corrected chi connectivity index (χ0v) is 15.3. The van der Waals surface area contributed by atoms with Crippen molar-refractivity contribution in [1.82, 2.24) is 4.90 Å². The molecule has 0 radical (unpaired) electrons. The molecule has 2 amide bonds. The van der Waals surface area contributed by atoms with Crippen molar-refractivity contribution >= 4 is 17.5 Å². The van der Waals surface area contributed by atoms with E-state index in [2.05, 4.69) is 26.0 Å². The lowest BCUT2D eigenvalue weighted by atomic mass is 10.1. The smallest absolute Gasteiger partial charge is 0.228 e. The molecule has 0 spiro atoms. The van der Waals surface area contributed by atoms with E-state index >= 15 is 0 Å². The molecule has 3 atom stereocenters. The molecule has 3 unspecified atom stereocenters. The number of nitrogens with zero attached hydrogens (tertiary/aromatic N) is 2. The summed E-state index contributed by atoms with van der Waals surface area (Å²) in [7, 11) is 0. The predicted octanol–water partition coefficient (Wildman–Crippen LogP) is 2.19. The first kappa shape index (κ1) is 17.9. The molecular formula is C20H29N3O2. The number of likely N-dealkylation sites (tertiary alicyclic amines) is 1. The minimum Gasteiger partial charge on any atom is -0.339 e. The maximum atomic E-state index is 12.9. The standard InChI is InChI=1S/C20H29N3O2/c1-3-4-15-5-7-18(8-6-15)23-13-17(10-19(23)24)20(25)22-12-16(11-21)9-14(22)2/h5-8,14,16-17H,3-4,9-13,21H2,1-2H3. The Morgan fingerprint density at radius 3 is 2.56 bits per heavy atom. The van der Waals surface area contributed by atoms with Gasteiger partial charge in [0.05, 0.1) is 5.92 Å². The minimum atomic E-state index is -0.234. The molecule has 2 fully saturated rings. The van der Waals surface area contributed by atoms with E-state index in [1.165, 1.54) is 5.56 Å². The monoisotopic (exact) mass is 343 g/mol. The molecule has 2 aliphatic heterocycles. The first-order chi connectivity index (χ1) is 12.0. The van der Waals surface area contributed by atoms with Crippen LogP contribution in [0.25, 0.3) is 0 Å². The maximum absolute atomic E-state index is 12.9. The number of rotatable bonds is 5. The summed E-state index contributed by atoms with van der Waals surface area (Å²) in [4.78, 5) is 29.0. The second-order valence-electron chi connectivity index (χ2n) is 7.50. The van der Waals surface area contributed by atoms with E-state index < -0.39 is 0 Å². The first-order valence-corrected chi connectivity index (χ1v) is 9.43. The van der Waals surface area contributed by atoms with Gasteiger partial charge in [0.2, 0.25) is 11.8 Å². The Balaban J connectivity index is 1.66. The van der Waals surface area contributed by atoms with Crippen molar-refractivity contribution in [2.75, 3.05) is 24.5 Å². The summed E-state index contributed by atoms with van der Waals surface area (Å²) in [6.45, 7) is 6.07. The van der Waals surface area contributed by atoms with Crippen LogP contribution in [0.15, 0.2) is 24.3 Å². The van der Waals surface area contributed by atoms with Crippen LogP contribution in [-0.2, 0) is 16.0 Å². The fourth-order valence-corrected chi connectivity index (χ4v) is 4.11. The van der Waals surface area contributed by atoms with Gasteiger partial charge in [-0.25, -0.2) is 0 Å². The van der Waals surface area contributed by atoms with E-state index in [0.29, 0.717) is 25.4 Å². The minimum absolute atomic E-state index is 0.0452. The maximum Gasteiger partial charge on any atom is 0.228 e. The molecule has 5 heteroatoms. The molecule has 2 N–H and O–H groups in total. The van der Waals surface area contributed by atoms with E-state index in [1.54, 1.807) is 4.90 Å². The van der Waals surface area contributed by atoms with Crippen molar-refractivity contribution in [1.29, 1.82) is 0 Å². The number of amides is 2. The van der Waals surface area contributed by atoms with Crippen molar-refractivity contribution in [3.8, 4) is 0 Å². The van der Waals surface area contributed by atoms with Gasteiger partial charge >= 0.3 is 0 Å². The van der Waals surface area contributed by atoms with Gasteiger partial charge in [-0.3, -0.25) is 9.59 Å². The van der Waals surface area contributed by atoms with E-state index in [9.17, 15) is 9.59 Å². The molecule has 5 nitrogen and oxygen atoms in total. The van der Waals surface area contributed by atoms with Crippen molar-refractivity contribution < 1.29 is 9.59 Å².